The third kappa shape index (κ3) is 5.13. The zero-order chi connectivity index (χ0) is 37.8. The van der Waals surface area contributed by atoms with E-state index in [1.807, 2.05) is 0 Å². The maximum Gasteiger partial charge on any atom is 0.584 e. The van der Waals surface area contributed by atoms with Gasteiger partial charge in [-0.05, 0) is 141 Å². The standard InChI is InChI=1S/C51H39O4P/c1-31-27-45(37-17-11-35(12-18-37)41-21-15-33-7-3-5-9-39(33)29-41)49-47-43(31)23-25-51(47)26-24-44-32(2)28-46(50(48(44)51)55-56(52,53)54-49)38-19-13-36(14-20-38)42-22-16-34-8-4-6-10-40(34)30-42/h3-22,27-30H,23-26H2,1-2H3,(H,52,53). The van der Waals surface area contributed by atoms with Gasteiger partial charge in [-0.25, -0.2) is 4.57 Å². The van der Waals surface area contributed by atoms with Crippen LogP contribution in [0.25, 0.3) is 66.1 Å². The van der Waals surface area contributed by atoms with E-state index in [1.54, 1.807) is 0 Å². The number of aryl methyl sites for hydroxylation is 2. The first-order chi connectivity index (χ1) is 27.2. The van der Waals surface area contributed by atoms with Crippen molar-refractivity contribution in [2.75, 3.05) is 0 Å². The Balaban J connectivity index is 1.04. The molecule has 11 rings (SSSR count). The van der Waals surface area contributed by atoms with Crippen molar-refractivity contribution in [1.29, 1.82) is 0 Å². The molecular weight excluding hydrogens is 708 g/mol. The Morgan fingerprint density at radius 3 is 1.29 bits per heavy atom. The van der Waals surface area contributed by atoms with Gasteiger partial charge in [0.2, 0.25) is 0 Å². The van der Waals surface area contributed by atoms with Crippen molar-refractivity contribution >= 4 is 29.4 Å². The molecule has 8 aromatic rings. The minimum absolute atomic E-state index is 0.395. The van der Waals surface area contributed by atoms with Crippen LogP contribution in [0.1, 0.15) is 46.2 Å². The molecule has 0 aromatic heterocycles. The summed E-state index contributed by atoms with van der Waals surface area (Å²) in [6, 6.07) is 51.1. The molecule has 4 nitrogen and oxygen atoms in total. The van der Waals surface area contributed by atoms with Crippen LogP contribution in [-0.2, 0) is 22.8 Å². The second-order valence-corrected chi connectivity index (χ2v) is 17.2. The summed E-state index contributed by atoms with van der Waals surface area (Å²) >= 11 is 0. The second-order valence-electron chi connectivity index (χ2n) is 15.9. The van der Waals surface area contributed by atoms with Crippen molar-refractivity contribution in [3.05, 3.63) is 179 Å². The van der Waals surface area contributed by atoms with Crippen LogP contribution in [0.15, 0.2) is 146 Å². The van der Waals surface area contributed by atoms with E-state index in [1.165, 1.54) is 43.8 Å². The van der Waals surface area contributed by atoms with E-state index in [9.17, 15) is 9.46 Å². The van der Waals surface area contributed by atoms with E-state index in [0.29, 0.717) is 11.5 Å². The first kappa shape index (κ1) is 33.4. The van der Waals surface area contributed by atoms with Gasteiger partial charge in [0.25, 0.3) is 0 Å². The van der Waals surface area contributed by atoms with Crippen LogP contribution >= 0.6 is 7.82 Å². The van der Waals surface area contributed by atoms with E-state index in [-0.39, 0.29) is 0 Å². The highest BCUT2D eigenvalue weighted by Crippen LogP contribution is 2.66. The van der Waals surface area contributed by atoms with Gasteiger partial charge in [-0.3, -0.25) is 4.89 Å². The van der Waals surface area contributed by atoms with Gasteiger partial charge >= 0.3 is 7.82 Å². The van der Waals surface area contributed by atoms with Crippen LogP contribution in [0.2, 0.25) is 0 Å². The predicted molar refractivity (Wildman–Crippen MR) is 228 cm³/mol. The van der Waals surface area contributed by atoms with Crippen LogP contribution < -0.4 is 9.05 Å². The molecule has 0 radical (unpaired) electrons. The van der Waals surface area contributed by atoms with Crippen LogP contribution in [0.4, 0.5) is 0 Å². The topological polar surface area (TPSA) is 55.8 Å². The van der Waals surface area contributed by atoms with Gasteiger partial charge in [0.1, 0.15) is 11.5 Å². The summed E-state index contributed by atoms with van der Waals surface area (Å²) in [5.41, 5.74) is 14.5. The number of phosphoric ester groups is 1. The molecule has 0 unspecified atom stereocenters. The van der Waals surface area contributed by atoms with E-state index in [4.69, 9.17) is 9.05 Å². The molecule has 3 aliphatic rings. The first-order valence-electron chi connectivity index (χ1n) is 19.5. The zero-order valence-corrected chi connectivity index (χ0v) is 32.2. The number of hydrogen-bond donors (Lipinski definition) is 1. The van der Waals surface area contributed by atoms with Crippen LogP contribution in [0.5, 0.6) is 11.5 Å². The molecule has 0 amide bonds. The molecule has 2 aliphatic carbocycles. The van der Waals surface area contributed by atoms with Crippen molar-refractivity contribution in [2.24, 2.45) is 0 Å². The molecular formula is C51H39O4P. The smallest absolute Gasteiger partial charge is 0.394 e. The lowest BCUT2D eigenvalue weighted by atomic mass is 9.73. The fraction of sp³-hybridized carbons (Fsp3) is 0.137. The number of rotatable bonds is 4. The zero-order valence-electron chi connectivity index (χ0n) is 31.3. The van der Waals surface area contributed by atoms with Gasteiger partial charge < -0.3 is 9.05 Å². The summed E-state index contributed by atoms with van der Waals surface area (Å²) in [4.78, 5) is 11.7. The van der Waals surface area contributed by atoms with Gasteiger partial charge in [0, 0.05) is 27.7 Å². The molecule has 0 fully saturated rings. The Labute approximate surface area is 326 Å². The fourth-order valence-electron chi connectivity index (χ4n) is 10.0. The number of benzene rings is 8. The average molecular weight is 747 g/mol. The Hall–Kier alpha value is -5.93. The summed E-state index contributed by atoms with van der Waals surface area (Å²) < 4.78 is 27.0. The van der Waals surface area contributed by atoms with E-state index >= 15 is 0 Å². The quantitative estimate of drug-likeness (QED) is 0.182. The van der Waals surface area contributed by atoms with Gasteiger partial charge in [0.05, 0.1) is 0 Å². The van der Waals surface area contributed by atoms with Crippen LogP contribution in [0.3, 0.4) is 0 Å². The maximum atomic E-state index is 14.3. The van der Waals surface area contributed by atoms with Crippen molar-refractivity contribution in [2.45, 2.75) is 44.9 Å². The van der Waals surface area contributed by atoms with E-state index in [0.717, 1.165) is 81.3 Å². The molecule has 56 heavy (non-hydrogen) atoms. The molecule has 0 bridgehead atoms. The summed E-state index contributed by atoms with van der Waals surface area (Å²) in [6.07, 6.45) is 3.54. The molecule has 5 heteroatoms. The predicted octanol–water partition coefficient (Wildman–Crippen LogP) is 13.3. The summed E-state index contributed by atoms with van der Waals surface area (Å²) in [6.45, 7) is 4.34. The van der Waals surface area contributed by atoms with Crippen LogP contribution in [0, 0.1) is 13.8 Å². The molecule has 1 spiro atoms. The molecule has 1 aliphatic heterocycles. The largest absolute Gasteiger partial charge is 0.584 e. The molecule has 1 heterocycles. The van der Waals surface area contributed by atoms with E-state index in [2.05, 4.69) is 159 Å². The lowest BCUT2D eigenvalue weighted by Crippen LogP contribution is -2.25. The van der Waals surface area contributed by atoms with Crippen molar-refractivity contribution < 1.29 is 18.5 Å². The molecule has 0 saturated heterocycles. The van der Waals surface area contributed by atoms with Crippen LogP contribution in [-0.4, -0.2) is 4.89 Å². The summed E-state index contributed by atoms with van der Waals surface area (Å²) in [5, 5.41) is 4.82. The van der Waals surface area contributed by atoms with Crippen molar-refractivity contribution in [1.82, 2.24) is 0 Å². The lowest BCUT2D eigenvalue weighted by Gasteiger charge is -2.35. The summed E-state index contributed by atoms with van der Waals surface area (Å²) in [5.74, 6) is 0.961. The molecule has 1 N–H and O–H groups in total. The fourth-order valence-corrected chi connectivity index (χ4v) is 10.9. The van der Waals surface area contributed by atoms with Gasteiger partial charge in [-0.15, -0.1) is 0 Å². The lowest BCUT2D eigenvalue weighted by molar-refractivity contribution is 0.281. The Morgan fingerprint density at radius 1 is 0.482 bits per heavy atom. The normalized spacial score (nSPS) is 15.8. The SMILES string of the molecule is Cc1cc(-c2ccc(-c3ccc4ccccc4c3)cc2)c2c3c1CCC31CCc3c(C)cc(-c4ccc(-c5ccc6ccccc6c5)cc4)c(c31)OP(=O)(O)O2. The highest BCUT2D eigenvalue weighted by atomic mass is 31.2. The first-order valence-corrected chi connectivity index (χ1v) is 21.0. The third-order valence-corrected chi connectivity index (χ3v) is 13.6. The Kier molecular flexibility index (Phi) is 7.33. The minimum Gasteiger partial charge on any atom is -0.394 e. The third-order valence-electron chi connectivity index (χ3n) is 12.8. The van der Waals surface area contributed by atoms with Gasteiger partial charge in [-0.2, -0.15) is 0 Å². The highest BCUT2D eigenvalue weighted by molar-refractivity contribution is 7.48. The van der Waals surface area contributed by atoms with Crippen molar-refractivity contribution in [3.63, 3.8) is 0 Å². The monoisotopic (exact) mass is 746 g/mol. The minimum atomic E-state index is -4.65. The summed E-state index contributed by atoms with van der Waals surface area (Å²) in [7, 11) is -4.65. The Morgan fingerprint density at radius 2 is 0.857 bits per heavy atom. The second kappa shape index (κ2) is 12.3. The van der Waals surface area contributed by atoms with E-state index < -0.39 is 13.2 Å². The maximum absolute atomic E-state index is 14.3. The van der Waals surface area contributed by atoms with Gasteiger partial charge in [0.15, 0.2) is 0 Å². The Bertz CT molecular complexity index is 2780. The average Bonchev–Trinajstić information content (AvgIpc) is 3.81. The molecule has 0 atom stereocenters. The number of phosphoric acid groups is 1. The van der Waals surface area contributed by atoms with Crippen molar-refractivity contribution in [3.8, 4) is 56.0 Å². The van der Waals surface area contributed by atoms with Gasteiger partial charge in [-0.1, -0.05) is 121 Å². The highest BCUT2D eigenvalue weighted by Gasteiger charge is 2.53. The molecule has 272 valence electrons. The number of hydrogen-bond acceptors (Lipinski definition) is 3. The molecule has 8 aromatic carbocycles. The molecule has 0 saturated carbocycles. The number of fused-ring (bicyclic) bond motifs is 2.